The molecule has 1 atom stereocenters. The monoisotopic (exact) mass is 389 g/mol. The molecule has 0 bridgehead atoms. The maximum Gasteiger partial charge on any atom is 0.272 e. The minimum Gasteiger partial charge on any atom is -0.388 e. The Hall–Kier alpha value is -3.04. The van der Waals surface area contributed by atoms with Crippen LogP contribution in [0.1, 0.15) is 39.6 Å². The number of aromatic nitrogens is 4. The Morgan fingerprint density at radius 2 is 2.04 bits per heavy atom. The summed E-state index contributed by atoms with van der Waals surface area (Å²) in [5, 5.41) is 14.6. The van der Waals surface area contributed by atoms with Gasteiger partial charge in [-0.1, -0.05) is 28.9 Å². The number of aliphatic hydroxyl groups is 1. The second-order valence-corrected chi connectivity index (χ2v) is 6.32. The van der Waals surface area contributed by atoms with Crippen molar-refractivity contribution in [3.63, 3.8) is 0 Å². The zero-order chi connectivity index (χ0) is 19.6. The van der Waals surface area contributed by atoms with Crippen molar-refractivity contribution in [1.82, 2.24) is 19.7 Å². The van der Waals surface area contributed by atoms with Gasteiger partial charge in [-0.25, -0.2) is 4.98 Å². The molecule has 0 aliphatic carbocycles. The summed E-state index contributed by atoms with van der Waals surface area (Å²) in [5.41, 5.74) is 5.57. The third-order valence-corrected chi connectivity index (χ3v) is 4.09. The third kappa shape index (κ3) is 4.39. The Morgan fingerprint density at radius 1 is 1.33 bits per heavy atom. The molecule has 0 aliphatic rings. The second kappa shape index (κ2) is 7.68. The van der Waals surface area contributed by atoms with Gasteiger partial charge in [0.15, 0.2) is 5.82 Å². The van der Waals surface area contributed by atoms with Gasteiger partial charge in [-0.3, -0.25) is 9.59 Å². The Kier molecular flexibility index (Phi) is 5.33. The first-order chi connectivity index (χ1) is 12.8. The minimum atomic E-state index is -0.833. The van der Waals surface area contributed by atoms with Crippen LogP contribution in [0.25, 0.3) is 0 Å². The van der Waals surface area contributed by atoms with Crippen molar-refractivity contribution >= 4 is 17.5 Å². The highest BCUT2D eigenvalue weighted by Gasteiger charge is 2.16. The van der Waals surface area contributed by atoms with E-state index in [-0.39, 0.29) is 36.1 Å². The molecular formula is C17H16ClN5O4. The van der Waals surface area contributed by atoms with Crippen LogP contribution in [0.2, 0.25) is 5.02 Å². The molecule has 10 heteroatoms. The van der Waals surface area contributed by atoms with E-state index >= 15 is 0 Å². The average molecular weight is 390 g/mol. The summed E-state index contributed by atoms with van der Waals surface area (Å²) in [5.74, 6) is -0.318. The second-order valence-electron chi connectivity index (χ2n) is 5.88. The predicted octanol–water partition coefficient (Wildman–Crippen LogP) is 1.01. The van der Waals surface area contributed by atoms with Crippen molar-refractivity contribution in [3.05, 3.63) is 74.5 Å². The fourth-order valence-corrected chi connectivity index (χ4v) is 2.59. The fourth-order valence-electron chi connectivity index (χ4n) is 2.47. The van der Waals surface area contributed by atoms with Gasteiger partial charge in [0.2, 0.25) is 5.89 Å². The fraction of sp³-hybridized carbons (Fsp3) is 0.235. The van der Waals surface area contributed by atoms with Crippen molar-refractivity contribution in [3.8, 4) is 0 Å². The molecule has 0 aliphatic heterocycles. The smallest absolute Gasteiger partial charge is 0.272 e. The van der Waals surface area contributed by atoms with Gasteiger partial charge in [0.05, 0.1) is 6.10 Å². The molecule has 1 aromatic carbocycles. The Morgan fingerprint density at radius 3 is 2.70 bits per heavy atom. The van der Waals surface area contributed by atoms with Crippen LogP contribution in [0, 0.1) is 6.92 Å². The summed E-state index contributed by atoms with van der Waals surface area (Å²) >= 11 is 5.83. The number of carbonyl (C=O) groups is 1. The molecule has 1 unspecified atom stereocenters. The molecule has 0 saturated carbocycles. The number of hydrogen-bond acceptors (Lipinski definition) is 7. The first-order valence-electron chi connectivity index (χ1n) is 7.96. The average Bonchev–Trinajstić information content (AvgIpc) is 3.06. The van der Waals surface area contributed by atoms with Crippen LogP contribution in [-0.2, 0) is 13.0 Å². The van der Waals surface area contributed by atoms with Gasteiger partial charge in [0, 0.05) is 17.6 Å². The molecule has 9 nitrogen and oxygen atoms in total. The number of aliphatic hydroxyl groups excluding tert-OH is 1. The van der Waals surface area contributed by atoms with Crippen molar-refractivity contribution in [2.45, 2.75) is 26.0 Å². The molecule has 3 N–H and O–H groups in total. The maximum atomic E-state index is 12.2. The Labute approximate surface area is 158 Å². The van der Waals surface area contributed by atoms with Crippen LogP contribution in [0.15, 0.2) is 39.8 Å². The number of primary amides is 1. The molecule has 2 heterocycles. The number of benzene rings is 1. The minimum absolute atomic E-state index is 0.0370. The number of hydrogen-bond donors (Lipinski definition) is 2. The zero-order valence-electron chi connectivity index (χ0n) is 14.3. The standard InChI is InChI=1S/C17H16ClN5O4/c1-9-17(26)23(7-12(20-9)16(19)25)8-15-21-14(22-27-15)6-13(24)10-2-4-11(18)5-3-10/h2-5,7,13,24H,6,8H2,1H3,(H2,19,25). The van der Waals surface area contributed by atoms with Gasteiger partial charge in [-0.05, 0) is 24.6 Å². The van der Waals surface area contributed by atoms with Crippen LogP contribution >= 0.6 is 11.6 Å². The van der Waals surface area contributed by atoms with E-state index in [9.17, 15) is 14.7 Å². The molecule has 2 aromatic heterocycles. The van der Waals surface area contributed by atoms with Crippen molar-refractivity contribution in [2.24, 2.45) is 5.73 Å². The number of aryl methyl sites for hydroxylation is 1. The number of amides is 1. The van der Waals surface area contributed by atoms with E-state index in [4.69, 9.17) is 21.9 Å². The summed E-state index contributed by atoms with van der Waals surface area (Å²) in [6.45, 7) is 1.43. The van der Waals surface area contributed by atoms with E-state index in [2.05, 4.69) is 15.1 Å². The topological polar surface area (TPSA) is 137 Å². The van der Waals surface area contributed by atoms with Gasteiger partial charge in [0.1, 0.15) is 17.9 Å². The Bertz CT molecular complexity index is 1030. The molecule has 3 aromatic rings. The molecular weight excluding hydrogens is 374 g/mol. The molecule has 1 amide bonds. The molecule has 3 rings (SSSR count). The van der Waals surface area contributed by atoms with Gasteiger partial charge >= 0.3 is 0 Å². The van der Waals surface area contributed by atoms with Crippen molar-refractivity contribution in [2.75, 3.05) is 0 Å². The van der Waals surface area contributed by atoms with Crippen molar-refractivity contribution < 1.29 is 14.4 Å². The maximum absolute atomic E-state index is 12.2. The molecule has 0 spiro atoms. The Balaban J connectivity index is 1.76. The highest BCUT2D eigenvalue weighted by molar-refractivity contribution is 6.30. The lowest BCUT2D eigenvalue weighted by Crippen LogP contribution is -2.27. The summed E-state index contributed by atoms with van der Waals surface area (Å²) in [6, 6.07) is 6.77. The highest BCUT2D eigenvalue weighted by Crippen LogP contribution is 2.19. The van der Waals surface area contributed by atoms with Crippen LogP contribution in [0.3, 0.4) is 0 Å². The summed E-state index contributed by atoms with van der Waals surface area (Å²) in [6.07, 6.45) is 0.534. The van der Waals surface area contributed by atoms with Crippen LogP contribution in [0.4, 0.5) is 0 Å². The lowest BCUT2D eigenvalue weighted by atomic mass is 10.1. The van der Waals surface area contributed by atoms with E-state index in [0.717, 1.165) is 0 Å². The van der Waals surface area contributed by atoms with Gasteiger partial charge < -0.3 is 19.9 Å². The molecule has 0 fully saturated rings. The van der Waals surface area contributed by atoms with Gasteiger partial charge in [-0.15, -0.1) is 0 Å². The van der Waals surface area contributed by atoms with Crippen LogP contribution < -0.4 is 11.3 Å². The first-order valence-corrected chi connectivity index (χ1v) is 8.34. The van der Waals surface area contributed by atoms with Gasteiger partial charge in [-0.2, -0.15) is 4.98 Å². The van der Waals surface area contributed by atoms with E-state index in [1.807, 2.05) is 0 Å². The SMILES string of the molecule is Cc1nc(C(N)=O)cn(Cc2nc(CC(O)c3ccc(Cl)cc3)no2)c1=O. The zero-order valence-corrected chi connectivity index (χ0v) is 15.1. The molecule has 0 radical (unpaired) electrons. The van der Waals surface area contributed by atoms with Crippen LogP contribution in [-0.4, -0.2) is 30.7 Å². The number of nitrogens with two attached hydrogens (primary N) is 1. The lowest BCUT2D eigenvalue weighted by Gasteiger charge is -2.08. The third-order valence-electron chi connectivity index (χ3n) is 3.84. The lowest BCUT2D eigenvalue weighted by molar-refractivity contribution is 0.0994. The molecule has 27 heavy (non-hydrogen) atoms. The number of nitrogens with zero attached hydrogens (tertiary/aromatic N) is 4. The van der Waals surface area contributed by atoms with Gasteiger partial charge in [0.25, 0.3) is 11.5 Å². The van der Waals surface area contributed by atoms with E-state index in [1.54, 1.807) is 24.3 Å². The van der Waals surface area contributed by atoms with E-state index in [1.165, 1.54) is 17.7 Å². The van der Waals surface area contributed by atoms with Crippen molar-refractivity contribution in [1.29, 1.82) is 0 Å². The quantitative estimate of drug-likeness (QED) is 0.641. The number of rotatable bonds is 6. The summed E-state index contributed by atoms with van der Waals surface area (Å²) < 4.78 is 6.35. The largest absolute Gasteiger partial charge is 0.388 e. The number of carbonyl (C=O) groups excluding carboxylic acids is 1. The summed E-state index contributed by atoms with van der Waals surface area (Å²) in [4.78, 5) is 31.5. The van der Waals surface area contributed by atoms with E-state index < -0.39 is 17.6 Å². The molecule has 0 saturated heterocycles. The normalized spacial score (nSPS) is 12.1. The first kappa shape index (κ1) is 18.7. The molecule has 140 valence electrons. The number of halogens is 1. The summed E-state index contributed by atoms with van der Waals surface area (Å²) in [7, 11) is 0. The van der Waals surface area contributed by atoms with E-state index in [0.29, 0.717) is 10.6 Å². The highest BCUT2D eigenvalue weighted by atomic mass is 35.5. The predicted molar refractivity (Wildman–Crippen MR) is 95.3 cm³/mol. The van der Waals surface area contributed by atoms with Crippen LogP contribution in [0.5, 0.6) is 0 Å².